The first-order chi connectivity index (χ1) is 15.6. The van der Waals surface area contributed by atoms with Crippen molar-refractivity contribution in [1.29, 1.82) is 5.26 Å². The van der Waals surface area contributed by atoms with Gasteiger partial charge in [-0.1, -0.05) is 0 Å². The number of nitrogens with one attached hydrogen (secondary N) is 1. The summed E-state index contributed by atoms with van der Waals surface area (Å²) in [5, 5.41) is 12.4. The standard InChI is InChI=1S/C23H21FN8/c24-18-10-15(11-25)3-5-19(18)31-9-1-2-17(14-31)29-21-7-8-27-23(30-21)20-12-28-22-6-4-16(26)13-32(20)22/h3-8,10,12-13,17H,1-2,9,14,26H2,(H,27,29,30)/t17-/m1/s1. The van der Waals surface area contributed by atoms with Gasteiger partial charge in [-0.25, -0.2) is 19.3 Å². The zero-order chi connectivity index (χ0) is 22.1. The van der Waals surface area contributed by atoms with E-state index in [0.29, 0.717) is 35.1 Å². The van der Waals surface area contributed by atoms with Crippen LogP contribution in [-0.2, 0) is 0 Å². The highest BCUT2D eigenvalue weighted by Crippen LogP contribution is 2.26. The van der Waals surface area contributed by atoms with Crippen LogP contribution in [0.3, 0.4) is 0 Å². The van der Waals surface area contributed by atoms with Gasteiger partial charge < -0.3 is 16.0 Å². The lowest BCUT2D eigenvalue weighted by atomic mass is 10.0. The SMILES string of the molecule is N#Cc1ccc(N2CCC[C@@H](Nc3ccnc(-c4cnc5ccc(N)cn45)n3)C2)c(F)c1. The van der Waals surface area contributed by atoms with Crippen LogP contribution in [0.1, 0.15) is 18.4 Å². The van der Waals surface area contributed by atoms with Gasteiger partial charge in [-0.15, -0.1) is 0 Å². The van der Waals surface area contributed by atoms with Crippen molar-refractivity contribution in [1.82, 2.24) is 19.4 Å². The van der Waals surface area contributed by atoms with Crippen molar-refractivity contribution in [2.45, 2.75) is 18.9 Å². The smallest absolute Gasteiger partial charge is 0.180 e. The number of pyridine rings is 1. The fraction of sp³-hybridized carbons (Fsp3) is 0.217. The number of rotatable bonds is 4. The number of benzene rings is 1. The molecule has 1 aliphatic heterocycles. The van der Waals surface area contributed by atoms with Crippen molar-refractivity contribution in [2.24, 2.45) is 0 Å². The molecule has 4 aromatic rings. The van der Waals surface area contributed by atoms with E-state index in [1.54, 1.807) is 36.8 Å². The van der Waals surface area contributed by atoms with Crippen LogP contribution in [0.5, 0.6) is 0 Å². The summed E-state index contributed by atoms with van der Waals surface area (Å²) in [4.78, 5) is 15.5. The number of fused-ring (bicyclic) bond motifs is 1. The lowest BCUT2D eigenvalue weighted by Gasteiger charge is -2.35. The average Bonchev–Trinajstić information content (AvgIpc) is 3.22. The van der Waals surface area contributed by atoms with Gasteiger partial charge in [-0.2, -0.15) is 5.26 Å². The number of hydrogen-bond acceptors (Lipinski definition) is 7. The lowest BCUT2D eigenvalue weighted by molar-refractivity contribution is 0.518. The molecule has 0 saturated carbocycles. The number of nitriles is 1. The molecular weight excluding hydrogens is 407 g/mol. The predicted octanol–water partition coefficient (Wildman–Crippen LogP) is 3.47. The maximum absolute atomic E-state index is 14.5. The van der Waals surface area contributed by atoms with E-state index in [0.717, 1.165) is 30.7 Å². The summed E-state index contributed by atoms with van der Waals surface area (Å²) in [7, 11) is 0. The summed E-state index contributed by atoms with van der Waals surface area (Å²) in [5.41, 5.74) is 8.90. The number of nitrogen functional groups attached to an aromatic ring is 1. The number of anilines is 3. The molecule has 0 radical (unpaired) electrons. The largest absolute Gasteiger partial charge is 0.398 e. The predicted molar refractivity (Wildman–Crippen MR) is 121 cm³/mol. The number of imidazole rings is 1. The van der Waals surface area contributed by atoms with Gasteiger partial charge >= 0.3 is 0 Å². The van der Waals surface area contributed by atoms with Gasteiger partial charge in [0.05, 0.1) is 23.5 Å². The zero-order valence-electron chi connectivity index (χ0n) is 17.2. The Morgan fingerprint density at radius 3 is 2.94 bits per heavy atom. The molecule has 3 N–H and O–H groups in total. The molecule has 1 fully saturated rings. The second kappa shape index (κ2) is 8.15. The fourth-order valence-corrected chi connectivity index (χ4v) is 4.08. The van der Waals surface area contributed by atoms with Gasteiger partial charge in [0.15, 0.2) is 5.82 Å². The minimum atomic E-state index is -0.374. The molecule has 1 saturated heterocycles. The van der Waals surface area contributed by atoms with Crippen molar-refractivity contribution in [2.75, 3.05) is 29.0 Å². The summed E-state index contributed by atoms with van der Waals surface area (Å²) in [6.07, 6.45) is 7.09. The molecule has 0 aliphatic carbocycles. The summed E-state index contributed by atoms with van der Waals surface area (Å²) in [5.74, 6) is 0.862. The molecule has 32 heavy (non-hydrogen) atoms. The molecule has 0 amide bonds. The van der Waals surface area contributed by atoms with Crippen molar-refractivity contribution in [3.63, 3.8) is 0 Å². The van der Waals surface area contributed by atoms with Crippen LogP contribution >= 0.6 is 0 Å². The summed E-state index contributed by atoms with van der Waals surface area (Å²) in [6.45, 7) is 1.40. The van der Waals surface area contributed by atoms with E-state index in [1.807, 2.05) is 27.5 Å². The van der Waals surface area contributed by atoms with Gasteiger partial charge in [-0.05, 0) is 49.2 Å². The summed E-state index contributed by atoms with van der Waals surface area (Å²) in [6, 6.07) is 12.1. The Morgan fingerprint density at radius 1 is 1.19 bits per heavy atom. The molecule has 1 aliphatic rings. The van der Waals surface area contributed by atoms with E-state index >= 15 is 0 Å². The van der Waals surface area contributed by atoms with Gasteiger partial charge in [0.1, 0.15) is 23.0 Å². The van der Waals surface area contributed by atoms with Crippen molar-refractivity contribution in [3.05, 3.63) is 66.4 Å². The third kappa shape index (κ3) is 3.78. The Hall–Kier alpha value is -4.19. The van der Waals surface area contributed by atoms with Gasteiger partial charge in [0.25, 0.3) is 0 Å². The first-order valence-corrected chi connectivity index (χ1v) is 10.4. The highest BCUT2D eigenvalue weighted by molar-refractivity contribution is 5.60. The topological polar surface area (TPSA) is 108 Å². The first-order valence-electron chi connectivity index (χ1n) is 10.4. The van der Waals surface area contributed by atoms with E-state index in [4.69, 9.17) is 11.0 Å². The van der Waals surface area contributed by atoms with Crippen LogP contribution in [0.15, 0.2) is 55.0 Å². The summed E-state index contributed by atoms with van der Waals surface area (Å²) < 4.78 is 16.4. The molecule has 0 unspecified atom stereocenters. The molecular formula is C23H21FN8. The van der Waals surface area contributed by atoms with Crippen molar-refractivity contribution >= 4 is 22.8 Å². The van der Waals surface area contributed by atoms with E-state index in [9.17, 15) is 4.39 Å². The number of hydrogen-bond donors (Lipinski definition) is 2. The average molecular weight is 428 g/mol. The quantitative estimate of drug-likeness (QED) is 0.512. The normalized spacial score (nSPS) is 16.1. The lowest BCUT2D eigenvalue weighted by Crippen LogP contribution is -2.42. The van der Waals surface area contributed by atoms with Gasteiger partial charge in [-0.3, -0.25) is 4.40 Å². The monoisotopic (exact) mass is 428 g/mol. The van der Waals surface area contributed by atoms with Gasteiger partial charge in [0.2, 0.25) is 0 Å². The van der Waals surface area contributed by atoms with Crippen LogP contribution in [0.2, 0.25) is 0 Å². The third-order valence-electron chi connectivity index (χ3n) is 5.60. The Kier molecular flexibility index (Phi) is 5.03. The number of nitrogens with two attached hydrogens (primary N) is 1. The molecule has 3 aromatic heterocycles. The zero-order valence-corrected chi connectivity index (χ0v) is 17.2. The van der Waals surface area contributed by atoms with E-state index in [1.165, 1.54) is 6.07 Å². The molecule has 9 heteroatoms. The maximum Gasteiger partial charge on any atom is 0.180 e. The molecule has 0 spiro atoms. The van der Waals surface area contributed by atoms with E-state index < -0.39 is 0 Å². The molecule has 1 atom stereocenters. The van der Waals surface area contributed by atoms with Crippen LogP contribution in [-0.4, -0.2) is 38.5 Å². The Bertz CT molecular complexity index is 1330. The first kappa shape index (κ1) is 19.8. The molecule has 160 valence electrons. The number of nitrogens with zero attached hydrogens (tertiary/aromatic N) is 6. The van der Waals surface area contributed by atoms with E-state index in [2.05, 4.69) is 20.3 Å². The molecule has 0 bridgehead atoms. The second-order valence-corrected chi connectivity index (χ2v) is 7.81. The number of halogens is 1. The fourth-order valence-electron chi connectivity index (χ4n) is 4.08. The Balaban J connectivity index is 1.35. The van der Waals surface area contributed by atoms with Crippen molar-refractivity contribution < 1.29 is 4.39 Å². The van der Waals surface area contributed by atoms with Crippen LogP contribution in [0.25, 0.3) is 17.2 Å². The van der Waals surface area contributed by atoms with Crippen LogP contribution in [0.4, 0.5) is 21.6 Å². The Morgan fingerprint density at radius 2 is 2.09 bits per heavy atom. The third-order valence-corrected chi connectivity index (χ3v) is 5.60. The minimum Gasteiger partial charge on any atom is -0.398 e. The molecule has 5 rings (SSSR count). The van der Waals surface area contributed by atoms with E-state index in [-0.39, 0.29) is 11.9 Å². The highest BCUT2D eigenvalue weighted by atomic mass is 19.1. The molecule has 1 aromatic carbocycles. The number of piperidine rings is 1. The van der Waals surface area contributed by atoms with Crippen molar-refractivity contribution in [3.8, 4) is 17.6 Å². The van der Waals surface area contributed by atoms with Crippen LogP contribution in [0, 0.1) is 17.1 Å². The maximum atomic E-state index is 14.5. The Labute approximate surface area is 184 Å². The highest BCUT2D eigenvalue weighted by Gasteiger charge is 2.23. The number of aromatic nitrogens is 4. The minimum absolute atomic E-state index is 0.0966. The van der Waals surface area contributed by atoms with Gasteiger partial charge in [0, 0.05) is 37.2 Å². The van der Waals surface area contributed by atoms with Crippen LogP contribution < -0.4 is 16.0 Å². The molecule has 8 nitrogen and oxygen atoms in total. The molecule has 4 heterocycles. The summed E-state index contributed by atoms with van der Waals surface area (Å²) >= 11 is 0. The second-order valence-electron chi connectivity index (χ2n) is 7.81.